The number of para-hydroxylation sites is 1. The van der Waals surface area contributed by atoms with E-state index in [2.05, 4.69) is 31.3 Å². The number of rotatable bonds is 3. The van der Waals surface area contributed by atoms with E-state index < -0.39 is 5.41 Å². The SMILES string of the molecule is Cc1ccc(C(=O)N2CCC3(CCCCCc4ccccc4OC[C@H](CC(C)C)NC3=O)CC2)cc1. The highest BCUT2D eigenvalue weighted by molar-refractivity contribution is 5.94. The zero-order valence-electron chi connectivity index (χ0n) is 22.2. The van der Waals surface area contributed by atoms with E-state index in [0.29, 0.717) is 38.5 Å². The van der Waals surface area contributed by atoms with Gasteiger partial charge in [0.1, 0.15) is 12.4 Å². The van der Waals surface area contributed by atoms with E-state index in [1.165, 1.54) is 5.56 Å². The molecule has 0 saturated carbocycles. The van der Waals surface area contributed by atoms with Gasteiger partial charge >= 0.3 is 0 Å². The molecule has 0 radical (unpaired) electrons. The molecule has 1 N–H and O–H groups in total. The van der Waals surface area contributed by atoms with Crippen molar-refractivity contribution in [1.82, 2.24) is 10.2 Å². The van der Waals surface area contributed by atoms with Crippen LogP contribution < -0.4 is 10.1 Å². The Hall–Kier alpha value is -2.82. The second-order valence-electron chi connectivity index (χ2n) is 11.2. The highest BCUT2D eigenvalue weighted by atomic mass is 16.5. The highest BCUT2D eigenvalue weighted by Crippen LogP contribution is 2.38. The molecule has 5 heteroatoms. The minimum Gasteiger partial charge on any atom is -0.491 e. The maximum atomic E-state index is 13.8. The molecule has 5 nitrogen and oxygen atoms in total. The number of amides is 2. The van der Waals surface area contributed by atoms with Gasteiger partial charge in [-0.25, -0.2) is 0 Å². The van der Waals surface area contributed by atoms with Crippen LogP contribution in [-0.4, -0.2) is 42.5 Å². The third kappa shape index (κ3) is 6.48. The Balaban J connectivity index is 1.48. The number of hydrogen-bond acceptors (Lipinski definition) is 3. The monoisotopic (exact) mass is 490 g/mol. The molecular formula is C31H42N2O3. The van der Waals surface area contributed by atoms with Gasteiger partial charge in [-0.15, -0.1) is 0 Å². The van der Waals surface area contributed by atoms with Crippen LogP contribution in [0.25, 0.3) is 0 Å². The molecule has 1 atom stereocenters. The first kappa shape index (κ1) is 26.2. The van der Waals surface area contributed by atoms with Crippen molar-refractivity contribution in [1.29, 1.82) is 0 Å². The Labute approximate surface area is 216 Å². The van der Waals surface area contributed by atoms with Gasteiger partial charge in [-0.2, -0.15) is 0 Å². The van der Waals surface area contributed by atoms with Gasteiger partial charge in [-0.05, 0) is 75.1 Å². The van der Waals surface area contributed by atoms with Gasteiger partial charge in [0, 0.05) is 18.7 Å². The van der Waals surface area contributed by atoms with Gasteiger partial charge in [0.2, 0.25) is 5.91 Å². The lowest BCUT2D eigenvalue weighted by Crippen LogP contribution is -2.53. The van der Waals surface area contributed by atoms with Crippen molar-refractivity contribution >= 4 is 11.8 Å². The third-order valence-electron chi connectivity index (χ3n) is 7.89. The number of carbonyl (C=O) groups is 2. The van der Waals surface area contributed by atoms with Crippen LogP contribution in [0.1, 0.15) is 80.3 Å². The maximum Gasteiger partial charge on any atom is 0.253 e. The first-order chi connectivity index (χ1) is 17.4. The van der Waals surface area contributed by atoms with Crippen LogP contribution >= 0.6 is 0 Å². The van der Waals surface area contributed by atoms with Crippen LogP contribution in [0.3, 0.4) is 0 Å². The molecule has 1 saturated heterocycles. The maximum absolute atomic E-state index is 13.8. The first-order valence-electron chi connectivity index (χ1n) is 13.7. The fraction of sp³-hybridized carbons (Fsp3) is 0.548. The lowest BCUT2D eigenvalue weighted by Gasteiger charge is -2.41. The number of nitrogens with zero attached hydrogens (tertiary/aromatic N) is 1. The molecule has 4 rings (SSSR count). The molecule has 2 aromatic rings. The average molecular weight is 491 g/mol. The van der Waals surface area contributed by atoms with Gasteiger partial charge in [0.15, 0.2) is 0 Å². The topological polar surface area (TPSA) is 58.6 Å². The molecule has 1 fully saturated rings. The molecule has 0 aromatic heterocycles. The number of piperidine rings is 1. The first-order valence-corrected chi connectivity index (χ1v) is 13.7. The van der Waals surface area contributed by atoms with Gasteiger partial charge in [0.25, 0.3) is 5.91 Å². The summed E-state index contributed by atoms with van der Waals surface area (Å²) in [4.78, 5) is 28.9. The van der Waals surface area contributed by atoms with E-state index in [4.69, 9.17) is 4.74 Å². The van der Waals surface area contributed by atoms with Crippen molar-refractivity contribution in [2.24, 2.45) is 11.3 Å². The van der Waals surface area contributed by atoms with Crippen molar-refractivity contribution in [3.63, 3.8) is 0 Å². The molecule has 0 bridgehead atoms. The van der Waals surface area contributed by atoms with E-state index in [9.17, 15) is 9.59 Å². The number of fused-ring (bicyclic) bond motifs is 1. The number of benzene rings is 2. The minimum atomic E-state index is -0.416. The predicted molar refractivity (Wildman–Crippen MR) is 144 cm³/mol. The van der Waals surface area contributed by atoms with Crippen LogP contribution in [0.15, 0.2) is 48.5 Å². The van der Waals surface area contributed by atoms with Crippen LogP contribution in [0.5, 0.6) is 5.75 Å². The Morgan fingerprint density at radius 3 is 2.47 bits per heavy atom. The Morgan fingerprint density at radius 1 is 1.03 bits per heavy atom. The average Bonchev–Trinajstić information content (AvgIpc) is 2.88. The summed E-state index contributed by atoms with van der Waals surface area (Å²) in [5, 5.41) is 3.39. The molecule has 2 amide bonds. The summed E-state index contributed by atoms with van der Waals surface area (Å²) < 4.78 is 6.28. The van der Waals surface area contributed by atoms with Crippen molar-refractivity contribution in [3.8, 4) is 5.75 Å². The summed E-state index contributed by atoms with van der Waals surface area (Å²) in [6.45, 7) is 8.13. The summed E-state index contributed by atoms with van der Waals surface area (Å²) in [5.74, 6) is 1.61. The minimum absolute atomic E-state index is 0.0320. The van der Waals surface area contributed by atoms with E-state index in [1.807, 2.05) is 48.2 Å². The van der Waals surface area contributed by atoms with Gasteiger partial charge in [-0.1, -0.05) is 62.6 Å². The van der Waals surface area contributed by atoms with Gasteiger partial charge < -0.3 is 15.0 Å². The fourth-order valence-electron chi connectivity index (χ4n) is 5.68. The molecule has 0 aliphatic carbocycles. The van der Waals surface area contributed by atoms with Crippen molar-refractivity contribution in [3.05, 3.63) is 65.2 Å². The zero-order valence-corrected chi connectivity index (χ0v) is 22.2. The molecule has 2 heterocycles. The molecular weight excluding hydrogens is 448 g/mol. The summed E-state index contributed by atoms with van der Waals surface area (Å²) in [7, 11) is 0. The number of carbonyl (C=O) groups excluding carboxylic acids is 2. The van der Waals surface area contributed by atoms with E-state index in [-0.39, 0.29) is 17.9 Å². The molecule has 194 valence electrons. The molecule has 2 aliphatic rings. The summed E-state index contributed by atoms with van der Waals surface area (Å²) in [6, 6.07) is 16.0. The molecule has 2 aromatic carbocycles. The normalized spacial score (nSPS) is 20.9. The Kier molecular flexibility index (Phi) is 8.71. The summed E-state index contributed by atoms with van der Waals surface area (Å²) in [5.41, 5.74) is 2.71. The number of hydrogen-bond donors (Lipinski definition) is 1. The Morgan fingerprint density at radius 2 is 1.75 bits per heavy atom. The van der Waals surface area contributed by atoms with Gasteiger partial charge in [0.05, 0.1) is 11.5 Å². The number of ether oxygens (including phenoxy) is 1. The molecule has 36 heavy (non-hydrogen) atoms. The number of aryl methyl sites for hydroxylation is 2. The van der Waals surface area contributed by atoms with Crippen LogP contribution in [0, 0.1) is 18.3 Å². The van der Waals surface area contributed by atoms with E-state index >= 15 is 0 Å². The standard InChI is InChI=1S/C31H42N2O3/c1-23(2)21-27-22-36-28-11-7-6-10-25(28)9-5-4-8-16-31(30(35)32-27)17-19-33(20-18-31)29(34)26-14-12-24(3)13-15-26/h6-7,10-15,23,27H,4-5,8-9,16-22H2,1-3H3,(H,32,35)/t27-/m0/s1. The lowest BCUT2D eigenvalue weighted by atomic mass is 9.73. The van der Waals surface area contributed by atoms with Crippen molar-refractivity contribution < 1.29 is 14.3 Å². The van der Waals surface area contributed by atoms with Crippen molar-refractivity contribution in [2.45, 2.75) is 78.2 Å². The lowest BCUT2D eigenvalue weighted by molar-refractivity contribution is -0.135. The zero-order chi connectivity index (χ0) is 25.5. The fourth-order valence-corrected chi connectivity index (χ4v) is 5.68. The van der Waals surface area contributed by atoms with Crippen LogP contribution in [0.4, 0.5) is 0 Å². The van der Waals surface area contributed by atoms with Crippen molar-refractivity contribution in [2.75, 3.05) is 19.7 Å². The summed E-state index contributed by atoms with van der Waals surface area (Å²) in [6.07, 6.45) is 7.38. The highest BCUT2D eigenvalue weighted by Gasteiger charge is 2.42. The smallest absolute Gasteiger partial charge is 0.253 e. The molecule has 2 aliphatic heterocycles. The quantitative estimate of drug-likeness (QED) is 0.579. The Bertz CT molecular complexity index is 1020. The van der Waals surface area contributed by atoms with Gasteiger partial charge in [-0.3, -0.25) is 9.59 Å². The van der Waals surface area contributed by atoms with Crippen LogP contribution in [-0.2, 0) is 11.2 Å². The predicted octanol–water partition coefficient (Wildman–Crippen LogP) is 5.94. The number of likely N-dealkylation sites (tertiary alicyclic amines) is 1. The molecule has 0 unspecified atom stereocenters. The second kappa shape index (κ2) is 11.9. The third-order valence-corrected chi connectivity index (χ3v) is 7.89. The van der Waals surface area contributed by atoms with E-state index in [1.54, 1.807) is 0 Å². The van der Waals surface area contributed by atoms with Crippen LogP contribution in [0.2, 0.25) is 0 Å². The number of nitrogens with one attached hydrogen (secondary N) is 1. The largest absolute Gasteiger partial charge is 0.491 e. The summed E-state index contributed by atoms with van der Waals surface area (Å²) >= 11 is 0. The van der Waals surface area contributed by atoms with E-state index in [0.717, 1.165) is 55.4 Å². The molecule has 1 spiro atoms. The second-order valence-corrected chi connectivity index (χ2v) is 11.2.